The average Bonchev–Trinajstić information content (AvgIpc) is 2.94. The molecule has 0 spiro atoms. The third-order valence-electron chi connectivity index (χ3n) is 7.64. The molecule has 1 saturated heterocycles. The Bertz CT molecular complexity index is 1180. The summed E-state index contributed by atoms with van der Waals surface area (Å²) < 4.78 is 22.2. The van der Waals surface area contributed by atoms with Crippen molar-refractivity contribution < 1.29 is 18.9 Å². The van der Waals surface area contributed by atoms with Gasteiger partial charge in [0, 0.05) is 31.6 Å². The first-order valence-electron chi connectivity index (χ1n) is 12.6. The maximum atomic E-state index is 5.69. The smallest absolute Gasteiger partial charge is 0.161 e. The number of fused-ring (bicyclic) bond motifs is 3. The van der Waals surface area contributed by atoms with Gasteiger partial charge in [0.2, 0.25) is 0 Å². The van der Waals surface area contributed by atoms with E-state index in [4.69, 9.17) is 18.9 Å². The van der Waals surface area contributed by atoms with Gasteiger partial charge in [-0.2, -0.15) is 0 Å². The summed E-state index contributed by atoms with van der Waals surface area (Å²) >= 11 is 0. The number of hydrogen-bond donors (Lipinski definition) is 0. The molecule has 0 radical (unpaired) electrons. The molecule has 5 rings (SSSR count). The fraction of sp³-hybridized carbons (Fsp3) is 0.400. The van der Waals surface area contributed by atoms with Gasteiger partial charge in [0.15, 0.2) is 23.0 Å². The number of methoxy groups -OCH3 is 4. The van der Waals surface area contributed by atoms with E-state index in [2.05, 4.69) is 64.4 Å². The number of nitrogens with zero attached hydrogens (tertiary/aromatic N) is 2. The van der Waals surface area contributed by atoms with Crippen molar-refractivity contribution in [1.29, 1.82) is 0 Å². The van der Waals surface area contributed by atoms with Crippen molar-refractivity contribution in [3.05, 3.63) is 82.9 Å². The molecule has 2 heterocycles. The lowest BCUT2D eigenvalue weighted by Gasteiger charge is -2.49. The van der Waals surface area contributed by atoms with Gasteiger partial charge in [0.1, 0.15) is 0 Å². The first-order valence-corrected chi connectivity index (χ1v) is 12.6. The van der Waals surface area contributed by atoms with Crippen LogP contribution in [-0.4, -0.2) is 64.5 Å². The van der Waals surface area contributed by atoms with Crippen LogP contribution in [0.5, 0.6) is 23.0 Å². The predicted octanol–water partition coefficient (Wildman–Crippen LogP) is 4.92. The van der Waals surface area contributed by atoms with Crippen molar-refractivity contribution >= 4 is 0 Å². The van der Waals surface area contributed by atoms with Crippen LogP contribution in [0.4, 0.5) is 0 Å². The monoisotopic (exact) mass is 488 g/mol. The van der Waals surface area contributed by atoms with Crippen molar-refractivity contribution in [2.75, 3.05) is 54.7 Å². The third-order valence-corrected chi connectivity index (χ3v) is 7.64. The Morgan fingerprint density at radius 1 is 0.778 bits per heavy atom. The van der Waals surface area contributed by atoms with Crippen LogP contribution in [0.25, 0.3) is 0 Å². The molecule has 1 fully saturated rings. The normalized spacial score (nSPS) is 19.8. The van der Waals surface area contributed by atoms with Crippen molar-refractivity contribution in [2.24, 2.45) is 0 Å². The summed E-state index contributed by atoms with van der Waals surface area (Å²) in [6.45, 7) is 3.98. The highest BCUT2D eigenvalue weighted by atomic mass is 16.5. The minimum Gasteiger partial charge on any atom is -0.493 e. The first kappa shape index (κ1) is 24.5. The molecular weight excluding hydrogens is 452 g/mol. The minimum absolute atomic E-state index is 0.313. The van der Waals surface area contributed by atoms with Crippen LogP contribution in [0.2, 0.25) is 0 Å². The van der Waals surface area contributed by atoms with Crippen LogP contribution in [0, 0.1) is 0 Å². The largest absolute Gasteiger partial charge is 0.493 e. The summed E-state index contributed by atoms with van der Waals surface area (Å²) in [5.74, 6) is 3.54. The van der Waals surface area contributed by atoms with Crippen molar-refractivity contribution in [1.82, 2.24) is 9.80 Å². The highest BCUT2D eigenvalue weighted by Gasteiger charge is 2.40. The molecular formula is C30H36N2O4. The van der Waals surface area contributed by atoms with Crippen molar-refractivity contribution in [3.8, 4) is 23.0 Å². The van der Waals surface area contributed by atoms with Gasteiger partial charge >= 0.3 is 0 Å². The Hall–Kier alpha value is -3.22. The fourth-order valence-electron chi connectivity index (χ4n) is 5.82. The Morgan fingerprint density at radius 2 is 1.47 bits per heavy atom. The maximum Gasteiger partial charge on any atom is 0.161 e. The first-order chi connectivity index (χ1) is 17.6. The van der Waals surface area contributed by atoms with E-state index in [0.717, 1.165) is 62.1 Å². The van der Waals surface area contributed by atoms with E-state index in [0.29, 0.717) is 12.0 Å². The third kappa shape index (κ3) is 4.75. The van der Waals surface area contributed by atoms with Crippen LogP contribution in [-0.2, 0) is 12.8 Å². The lowest BCUT2D eigenvalue weighted by Crippen LogP contribution is -2.53. The second kappa shape index (κ2) is 10.8. The zero-order valence-corrected chi connectivity index (χ0v) is 21.7. The Morgan fingerprint density at radius 3 is 2.19 bits per heavy atom. The van der Waals surface area contributed by atoms with Crippen LogP contribution in [0.15, 0.2) is 60.7 Å². The van der Waals surface area contributed by atoms with E-state index < -0.39 is 0 Å². The molecule has 0 amide bonds. The van der Waals surface area contributed by atoms with E-state index in [1.165, 1.54) is 22.3 Å². The van der Waals surface area contributed by atoms with E-state index >= 15 is 0 Å². The standard InChI is InChI=1S/C30H36N2O4/c1-33-26-11-10-21(16-27(26)34-2)12-14-31-19-25(22-8-6-5-7-9-22)30-24-18-29(36-4)28(35-3)17-23(24)13-15-32(30)20-31/h5-11,16-18,25,30H,12-15,19-20H2,1-4H3/t25-,30+/m1/s1. The summed E-state index contributed by atoms with van der Waals surface area (Å²) in [6.07, 6.45) is 1.97. The molecule has 0 unspecified atom stereocenters. The summed E-state index contributed by atoms with van der Waals surface area (Å²) in [4.78, 5) is 5.24. The molecule has 36 heavy (non-hydrogen) atoms. The van der Waals surface area contributed by atoms with E-state index in [-0.39, 0.29) is 0 Å². The molecule has 0 aromatic heterocycles. The maximum absolute atomic E-state index is 5.69. The average molecular weight is 489 g/mol. The second-order valence-electron chi connectivity index (χ2n) is 9.59. The van der Waals surface area contributed by atoms with Gasteiger partial charge in [-0.1, -0.05) is 36.4 Å². The molecule has 6 nitrogen and oxygen atoms in total. The van der Waals surface area contributed by atoms with Gasteiger partial charge in [-0.3, -0.25) is 9.80 Å². The predicted molar refractivity (Wildman–Crippen MR) is 142 cm³/mol. The number of benzene rings is 3. The summed E-state index contributed by atoms with van der Waals surface area (Å²) in [7, 11) is 6.79. The topological polar surface area (TPSA) is 43.4 Å². The molecule has 2 aliphatic rings. The highest BCUT2D eigenvalue weighted by Crippen LogP contribution is 2.46. The van der Waals surface area contributed by atoms with Crippen LogP contribution in [0.1, 0.15) is 34.2 Å². The summed E-state index contributed by atoms with van der Waals surface area (Å²) in [5.41, 5.74) is 5.37. The van der Waals surface area contributed by atoms with Crippen molar-refractivity contribution in [3.63, 3.8) is 0 Å². The molecule has 6 heteroatoms. The van der Waals surface area contributed by atoms with Gasteiger partial charge in [-0.15, -0.1) is 0 Å². The Kier molecular flexibility index (Phi) is 7.35. The van der Waals surface area contributed by atoms with E-state index in [9.17, 15) is 0 Å². The molecule has 190 valence electrons. The molecule has 0 aliphatic carbocycles. The number of rotatable bonds is 8. The lowest BCUT2D eigenvalue weighted by atomic mass is 9.79. The van der Waals surface area contributed by atoms with E-state index in [1.807, 2.05) is 6.07 Å². The Labute approximate surface area is 214 Å². The number of hydrogen-bond acceptors (Lipinski definition) is 6. The number of ether oxygens (including phenoxy) is 4. The molecule has 0 bridgehead atoms. The summed E-state index contributed by atoms with van der Waals surface area (Å²) in [5, 5.41) is 0. The van der Waals surface area contributed by atoms with E-state index in [1.54, 1.807) is 28.4 Å². The van der Waals surface area contributed by atoms with Gasteiger partial charge in [-0.25, -0.2) is 0 Å². The zero-order valence-electron chi connectivity index (χ0n) is 21.7. The molecule has 0 saturated carbocycles. The van der Waals surface area contributed by atoms with Gasteiger partial charge in [-0.05, 0) is 59.4 Å². The summed E-state index contributed by atoms with van der Waals surface area (Å²) in [6, 6.07) is 21.9. The molecule has 3 aromatic carbocycles. The van der Waals surface area contributed by atoms with Crippen LogP contribution in [0.3, 0.4) is 0 Å². The molecule has 2 atom stereocenters. The quantitative estimate of drug-likeness (QED) is 0.449. The van der Waals surface area contributed by atoms with Crippen LogP contribution >= 0.6 is 0 Å². The zero-order chi connectivity index (χ0) is 25.1. The van der Waals surface area contributed by atoms with Crippen LogP contribution < -0.4 is 18.9 Å². The van der Waals surface area contributed by atoms with Gasteiger partial charge < -0.3 is 18.9 Å². The molecule has 3 aromatic rings. The second-order valence-corrected chi connectivity index (χ2v) is 9.59. The molecule has 0 N–H and O–H groups in total. The molecule has 2 aliphatic heterocycles. The van der Waals surface area contributed by atoms with Crippen molar-refractivity contribution in [2.45, 2.75) is 24.8 Å². The van der Waals surface area contributed by atoms with Gasteiger partial charge in [0.25, 0.3) is 0 Å². The fourth-order valence-corrected chi connectivity index (χ4v) is 5.82. The van der Waals surface area contributed by atoms with Gasteiger partial charge in [0.05, 0.1) is 35.1 Å². The minimum atomic E-state index is 0.313. The Balaban J connectivity index is 1.42. The highest BCUT2D eigenvalue weighted by molar-refractivity contribution is 5.50. The lowest BCUT2D eigenvalue weighted by molar-refractivity contribution is 0.0158. The SMILES string of the molecule is COc1ccc(CCN2C[C@H](c3ccccc3)[C@@H]3c4cc(OC)c(OC)cc4CCN3C2)cc1OC.